The maximum Gasteiger partial charge on any atom is 0.232 e. The highest BCUT2D eigenvalue weighted by atomic mass is 35.5. The molecule has 0 saturated heterocycles. The maximum absolute atomic E-state index is 12.4. The van der Waals surface area contributed by atoms with Gasteiger partial charge < -0.3 is 9.84 Å². The van der Waals surface area contributed by atoms with Crippen molar-refractivity contribution in [2.45, 2.75) is 33.1 Å². The minimum Gasteiger partial charge on any atom is -0.339 e. The van der Waals surface area contributed by atoms with Crippen LogP contribution in [0.15, 0.2) is 47.0 Å². The summed E-state index contributed by atoms with van der Waals surface area (Å²) in [6.07, 6.45) is 0.919. The summed E-state index contributed by atoms with van der Waals surface area (Å²) in [6.45, 7) is 3.54. The van der Waals surface area contributed by atoms with Gasteiger partial charge >= 0.3 is 0 Å². The molecular formula is C21H23ClN4O4S. The van der Waals surface area contributed by atoms with Crippen LogP contribution in [-0.2, 0) is 21.2 Å². The number of aryl methyl sites for hydroxylation is 1. The normalized spacial score (nSPS) is 11.3. The highest BCUT2D eigenvalue weighted by molar-refractivity contribution is 7.92. The standard InChI is InChI=1S/C21H23ClN4O4S/c1-3-13-31(28,29)26-18-6-4-5-17(14(18)2)23-19(27)11-12-20-24-21(25-30-20)15-7-9-16(22)10-8-15/h4-10,26H,3,11-13H2,1-2H3,(H,23,27). The molecule has 1 amide bonds. The number of rotatable bonds is 9. The van der Waals surface area contributed by atoms with Gasteiger partial charge in [0.15, 0.2) is 0 Å². The van der Waals surface area contributed by atoms with Crippen molar-refractivity contribution in [3.05, 3.63) is 58.9 Å². The summed E-state index contributed by atoms with van der Waals surface area (Å²) in [4.78, 5) is 16.7. The predicted molar refractivity (Wildman–Crippen MR) is 121 cm³/mol. The van der Waals surface area contributed by atoms with Crippen LogP contribution in [0.1, 0.15) is 31.2 Å². The van der Waals surface area contributed by atoms with Crippen molar-refractivity contribution in [2.24, 2.45) is 0 Å². The molecule has 2 aromatic carbocycles. The lowest BCUT2D eigenvalue weighted by Gasteiger charge is -2.14. The zero-order valence-corrected chi connectivity index (χ0v) is 18.8. The molecule has 3 rings (SSSR count). The third-order valence-corrected chi connectivity index (χ3v) is 6.21. The van der Waals surface area contributed by atoms with Crippen molar-refractivity contribution in [1.29, 1.82) is 0 Å². The number of hydrogen-bond acceptors (Lipinski definition) is 6. The lowest BCUT2D eigenvalue weighted by atomic mass is 10.1. The zero-order valence-electron chi connectivity index (χ0n) is 17.2. The molecule has 10 heteroatoms. The van der Waals surface area contributed by atoms with Crippen molar-refractivity contribution in [3.63, 3.8) is 0 Å². The average molecular weight is 463 g/mol. The Morgan fingerprint density at radius 3 is 2.55 bits per heavy atom. The van der Waals surface area contributed by atoms with Gasteiger partial charge in [0.1, 0.15) is 0 Å². The molecule has 0 saturated carbocycles. The Kier molecular flexibility index (Phi) is 7.29. The molecule has 1 heterocycles. The quantitative estimate of drug-likeness (QED) is 0.486. The minimum atomic E-state index is -3.42. The van der Waals surface area contributed by atoms with Gasteiger partial charge in [-0.2, -0.15) is 4.98 Å². The Bertz CT molecular complexity index is 1160. The monoisotopic (exact) mass is 462 g/mol. The number of sulfonamides is 1. The molecule has 0 unspecified atom stereocenters. The van der Waals surface area contributed by atoms with E-state index < -0.39 is 10.0 Å². The number of amides is 1. The van der Waals surface area contributed by atoms with E-state index in [1.165, 1.54) is 0 Å². The summed E-state index contributed by atoms with van der Waals surface area (Å²) < 4.78 is 31.9. The molecule has 1 aromatic heterocycles. The van der Waals surface area contributed by atoms with E-state index in [4.69, 9.17) is 16.1 Å². The minimum absolute atomic E-state index is 0.0330. The van der Waals surface area contributed by atoms with Crippen LogP contribution in [-0.4, -0.2) is 30.2 Å². The number of hydrogen-bond donors (Lipinski definition) is 2. The fourth-order valence-corrected chi connectivity index (χ4v) is 4.20. The summed E-state index contributed by atoms with van der Waals surface area (Å²) in [5, 5.41) is 7.34. The van der Waals surface area contributed by atoms with Crippen molar-refractivity contribution >= 4 is 38.9 Å². The molecule has 0 aliphatic heterocycles. The van der Waals surface area contributed by atoms with E-state index in [0.29, 0.717) is 40.1 Å². The van der Waals surface area contributed by atoms with Crippen LogP contribution in [0.3, 0.4) is 0 Å². The van der Waals surface area contributed by atoms with Crippen molar-refractivity contribution in [1.82, 2.24) is 10.1 Å². The first kappa shape index (κ1) is 22.8. The van der Waals surface area contributed by atoms with Crippen LogP contribution >= 0.6 is 11.6 Å². The van der Waals surface area contributed by atoms with E-state index in [1.54, 1.807) is 56.3 Å². The van der Waals surface area contributed by atoms with Crippen LogP contribution in [0.5, 0.6) is 0 Å². The molecule has 2 N–H and O–H groups in total. The van der Waals surface area contributed by atoms with Gasteiger partial charge in [-0.05, 0) is 55.3 Å². The molecule has 0 atom stereocenters. The molecule has 0 bridgehead atoms. The zero-order chi connectivity index (χ0) is 22.4. The van der Waals surface area contributed by atoms with Gasteiger partial charge in [0, 0.05) is 29.1 Å². The van der Waals surface area contributed by atoms with E-state index in [0.717, 1.165) is 5.56 Å². The van der Waals surface area contributed by atoms with Crippen LogP contribution < -0.4 is 10.0 Å². The fourth-order valence-electron chi connectivity index (χ4n) is 2.87. The molecule has 8 nitrogen and oxygen atoms in total. The van der Waals surface area contributed by atoms with Crippen molar-refractivity contribution in [3.8, 4) is 11.4 Å². The Labute approximate surface area is 186 Å². The summed E-state index contributed by atoms with van der Waals surface area (Å²) in [7, 11) is -3.42. The SMILES string of the molecule is CCCS(=O)(=O)Nc1cccc(NC(=O)CCc2nc(-c3ccc(Cl)cc3)no2)c1C. The van der Waals surface area contributed by atoms with Gasteiger partial charge in [0.25, 0.3) is 0 Å². The molecule has 0 aliphatic rings. The second-order valence-corrected chi connectivity index (χ2v) is 9.24. The number of aromatic nitrogens is 2. The van der Waals surface area contributed by atoms with Gasteiger partial charge in [-0.25, -0.2) is 8.42 Å². The van der Waals surface area contributed by atoms with E-state index in [9.17, 15) is 13.2 Å². The van der Waals surface area contributed by atoms with Crippen LogP contribution in [0.4, 0.5) is 11.4 Å². The van der Waals surface area contributed by atoms with Gasteiger partial charge in [0.2, 0.25) is 27.6 Å². The summed E-state index contributed by atoms with van der Waals surface area (Å²) >= 11 is 5.88. The first-order valence-corrected chi connectivity index (χ1v) is 11.8. The highest BCUT2D eigenvalue weighted by Crippen LogP contribution is 2.25. The number of carbonyl (C=O) groups excluding carboxylic acids is 1. The van der Waals surface area contributed by atoms with Gasteiger partial charge in [0.05, 0.1) is 11.4 Å². The van der Waals surface area contributed by atoms with Crippen molar-refractivity contribution in [2.75, 3.05) is 15.8 Å². The molecule has 31 heavy (non-hydrogen) atoms. The Balaban J connectivity index is 1.60. The number of carbonyl (C=O) groups is 1. The predicted octanol–water partition coefficient (Wildman–Crippen LogP) is 4.42. The second kappa shape index (κ2) is 9.93. The van der Waals surface area contributed by atoms with Crippen molar-refractivity contribution < 1.29 is 17.7 Å². The molecular weight excluding hydrogens is 440 g/mol. The van der Waals surface area contributed by atoms with Gasteiger partial charge in [-0.15, -0.1) is 0 Å². The molecule has 0 radical (unpaired) electrons. The van der Waals surface area contributed by atoms with E-state index >= 15 is 0 Å². The van der Waals surface area contributed by atoms with Crippen LogP contribution in [0.2, 0.25) is 5.02 Å². The lowest BCUT2D eigenvalue weighted by Crippen LogP contribution is -2.18. The largest absolute Gasteiger partial charge is 0.339 e. The number of benzene rings is 2. The molecule has 0 aliphatic carbocycles. The average Bonchev–Trinajstić information content (AvgIpc) is 3.19. The Morgan fingerprint density at radius 1 is 1.13 bits per heavy atom. The first-order valence-electron chi connectivity index (χ1n) is 9.76. The van der Waals surface area contributed by atoms with E-state index in [-0.39, 0.29) is 24.5 Å². The lowest BCUT2D eigenvalue weighted by molar-refractivity contribution is -0.116. The molecule has 0 fully saturated rings. The summed E-state index contributed by atoms with van der Waals surface area (Å²) in [6, 6.07) is 12.1. The topological polar surface area (TPSA) is 114 Å². The van der Waals surface area contributed by atoms with Gasteiger partial charge in [-0.1, -0.05) is 29.7 Å². The van der Waals surface area contributed by atoms with E-state index in [1.807, 2.05) is 0 Å². The fraction of sp³-hybridized carbons (Fsp3) is 0.286. The highest BCUT2D eigenvalue weighted by Gasteiger charge is 2.15. The number of anilines is 2. The second-order valence-electron chi connectivity index (χ2n) is 6.97. The first-order chi connectivity index (χ1) is 14.8. The smallest absolute Gasteiger partial charge is 0.232 e. The molecule has 0 spiro atoms. The number of nitrogens with zero attached hydrogens (tertiary/aromatic N) is 2. The van der Waals surface area contributed by atoms with Gasteiger partial charge in [-0.3, -0.25) is 9.52 Å². The summed E-state index contributed by atoms with van der Waals surface area (Å²) in [5.41, 5.74) is 2.38. The molecule has 164 valence electrons. The third-order valence-electron chi connectivity index (χ3n) is 4.48. The van der Waals surface area contributed by atoms with E-state index in [2.05, 4.69) is 20.2 Å². The Hall–Kier alpha value is -2.91. The number of nitrogens with one attached hydrogen (secondary N) is 2. The molecule has 3 aromatic rings. The Morgan fingerprint density at radius 2 is 1.84 bits per heavy atom. The number of halogens is 1. The van der Waals surface area contributed by atoms with Crippen LogP contribution in [0.25, 0.3) is 11.4 Å². The maximum atomic E-state index is 12.4. The van der Waals surface area contributed by atoms with Crippen LogP contribution in [0, 0.1) is 6.92 Å². The third kappa shape index (κ3) is 6.28. The summed E-state index contributed by atoms with van der Waals surface area (Å²) in [5.74, 6) is 0.557.